The van der Waals surface area contributed by atoms with Crippen molar-refractivity contribution in [2.75, 3.05) is 13.7 Å². The van der Waals surface area contributed by atoms with Crippen molar-refractivity contribution in [2.24, 2.45) is 5.73 Å². The SMILES string of the molecule is COc1cccc2c1C(=O)OC(CN)C2. The second kappa shape index (κ2) is 3.90. The Bertz CT molecular complexity index is 389. The Hall–Kier alpha value is -1.55. The lowest BCUT2D eigenvalue weighted by Crippen LogP contribution is -2.33. The minimum absolute atomic E-state index is 0.211. The minimum Gasteiger partial charge on any atom is -0.496 e. The third-order valence-corrected chi connectivity index (χ3v) is 2.52. The summed E-state index contributed by atoms with van der Waals surface area (Å²) in [5, 5.41) is 0. The zero-order valence-electron chi connectivity index (χ0n) is 8.53. The van der Waals surface area contributed by atoms with Gasteiger partial charge in [0.25, 0.3) is 0 Å². The molecule has 0 saturated carbocycles. The Morgan fingerprint density at radius 3 is 3.07 bits per heavy atom. The summed E-state index contributed by atoms with van der Waals surface area (Å²) in [6, 6.07) is 5.52. The number of benzene rings is 1. The van der Waals surface area contributed by atoms with Crippen molar-refractivity contribution in [1.29, 1.82) is 0 Å². The third-order valence-electron chi connectivity index (χ3n) is 2.52. The molecule has 1 aromatic carbocycles. The summed E-state index contributed by atoms with van der Waals surface area (Å²) >= 11 is 0. The van der Waals surface area contributed by atoms with E-state index < -0.39 is 0 Å². The van der Waals surface area contributed by atoms with Crippen LogP contribution in [-0.2, 0) is 11.2 Å². The topological polar surface area (TPSA) is 61.5 Å². The molecule has 0 radical (unpaired) electrons. The van der Waals surface area contributed by atoms with E-state index in [0.29, 0.717) is 24.3 Å². The molecule has 4 nitrogen and oxygen atoms in total. The fourth-order valence-electron chi connectivity index (χ4n) is 1.78. The molecule has 1 aromatic rings. The molecule has 4 heteroatoms. The second-order valence-corrected chi connectivity index (χ2v) is 3.46. The number of carbonyl (C=O) groups is 1. The van der Waals surface area contributed by atoms with E-state index in [1.807, 2.05) is 12.1 Å². The van der Waals surface area contributed by atoms with Crippen LogP contribution in [0.25, 0.3) is 0 Å². The lowest BCUT2D eigenvalue weighted by molar-refractivity contribution is 0.0274. The highest BCUT2D eigenvalue weighted by Gasteiger charge is 2.28. The largest absolute Gasteiger partial charge is 0.496 e. The number of fused-ring (bicyclic) bond motifs is 1. The van der Waals surface area contributed by atoms with E-state index in [9.17, 15) is 4.79 Å². The quantitative estimate of drug-likeness (QED) is 0.726. The predicted octanol–water partition coefficient (Wildman–Crippen LogP) is 0.735. The molecule has 80 valence electrons. The van der Waals surface area contributed by atoms with Gasteiger partial charge in [0.15, 0.2) is 0 Å². The fraction of sp³-hybridized carbons (Fsp3) is 0.364. The highest BCUT2D eigenvalue weighted by Crippen LogP contribution is 2.28. The van der Waals surface area contributed by atoms with Crippen LogP contribution in [0.4, 0.5) is 0 Å². The molecule has 15 heavy (non-hydrogen) atoms. The van der Waals surface area contributed by atoms with Crippen molar-refractivity contribution in [3.63, 3.8) is 0 Å². The Morgan fingerprint density at radius 1 is 1.60 bits per heavy atom. The van der Waals surface area contributed by atoms with E-state index in [2.05, 4.69) is 0 Å². The van der Waals surface area contributed by atoms with Crippen LogP contribution in [0.5, 0.6) is 5.75 Å². The fourth-order valence-corrected chi connectivity index (χ4v) is 1.78. The molecule has 2 rings (SSSR count). The van der Waals surface area contributed by atoms with Crippen molar-refractivity contribution in [3.8, 4) is 5.75 Å². The maximum atomic E-state index is 11.7. The molecular weight excluding hydrogens is 194 g/mol. The molecule has 2 N–H and O–H groups in total. The number of carbonyl (C=O) groups excluding carboxylic acids is 1. The first kappa shape index (κ1) is 9.98. The van der Waals surface area contributed by atoms with Crippen LogP contribution in [-0.4, -0.2) is 25.7 Å². The van der Waals surface area contributed by atoms with Crippen LogP contribution in [0.3, 0.4) is 0 Å². The second-order valence-electron chi connectivity index (χ2n) is 3.46. The number of hydrogen-bond donors (Lipinski definition) is 1. The van der Waals surface area contributed by atoms with Crippen LogP contribution in [0, 0.1) is 0 Å². The minimum atomic E-state index is -0.343. The van der Waals surface area contributed by atoms with E-state index in [-0.39, 0.29) is 12.1 Å². The van der Waals surface area contributed by atoms with E-state index in [0.717, 1.165) is 5.56 Å². The summed E-state index contributed by atoms with van der Waals surface area (Å²) in [5.41, 5.74) is 6.96. The molecule has 0 aliphatic carbocycles. The zero-order valence-corrected chi connectivity index (χ0v) is 8.53. The van der Waals surface area contributed by atoms with Gasteiger partial charge in [-0.1, -0.05) is 12.1 Å². The molecule has 0 fully saturated rings. The molecule has 1 unspecified atom stereocenters. The predicted molar refractivity (Wildman–Crippen MR) is 55.0 cm³/mol. The van der Waals surface area contributed by atoms with Crippen molar-refractivity contribution in [3.05, 3.63) is 29.3 Å². The first-order valence-corrected chi connectivity index (χ1v) is 4.83. The number of hydrogen-bond acceptors (Lipinski definition) is 4. The molecular formula is C11H13NO3. The smallest absolute Gasteiger partial charge is 0.342 e. The molecule has 0 bridgehead atoms. The number of ether oxygens (including phenoxy) is 2. The van der Waals surface area contributed by atoms with E-state index in [4.69, 9.17) is 15.2 Å². The lowest BCUT2D eigenvalue weighted by atomic mass is 9.98. The van der Waals surface area contributed by atoms with Gasteiger partial charge < -0.3 is 15.2 Å². The highest BCUT2D eigenvalue weighted by molar-refractivity contribution is 5.95. The summed E-state index contributed by atoms with van der Waals surface area (Å²) in [6.07, 6.45) is 0.450. The standard InChI is InChI=1S/C11H13NO3/c1-14-9-4-2-3-7-5-8(6-12)15-11(13)10(7)9/h2-4,8H,5-6,12H2,1H3. The van der Waals surface area contributed by atoms with Gasteiger partial charge in [0, 0.05) is 13.0 Å². The van der Waals surface area contributed by atoms with Crippen molar-refractivity contribution < 1.29 is 14.3 Å². The average molecular weight is 207 g/mol. The number of nitrogens with two attached hydrogens (primary N) is 1. The maximum absolute atomic E-state index is 11.7. The van der Waals surface area contributed by atoms with Crippen molar-refractivity contribution in [2.45, 2.75) is 12.5 Å². The van der Waals surface area contributed by atoms with Gasteiger partial charge in [0.1, 0.15) is 17.4 Å². The first-order valence-electron chi connectivity index (χ1n) is 4.83. The molecule has 0 saturated heterocycles. The van der Waals surface area contributed by atoms with Crippen molar-refractivity contribution in [1.82, 2.24) is 0 Å². The Kier molecular flexibility index (Phi) is 2.60. The van der Waals surface area contributed by atoms with E-state index in [1.54, 1.807) is 6.07 Å². The van der Waals surface area contributed by atoms with E-state index in [1.165, 1.54) is 7.11 Å². The summed E-state index contributed by atoms with van der Waals surface area (Å²) in [4.78, 5) is 11.7. The summed E-state index contributed by atoms with van der Waals surface area (Å²) in [6.45, 7) is 0.350. The van der Waals surface area contributed by atoms with Crippen LogP contribution in [0.15, 0.2) is 18.2 Å². The molecule has 1 aliphatic rings. The van der Waals surface area contributed by atoms with Gasteiger partial charge in [-0.15, -0.1) is 0 Å². The molecule has 1 atom stereocenters. The Balaban J connectivity index is 2.44. The third kappa shape index (κ3) is 1.68. The summed E-state index contributed by atoms with van der Waals surface area (Å²) < 4.78 is 10.3. The average Bonchev–Trinajstić information content (AvgIpc) is 2.27. The van der Waals surface area contributed by atoms with Crippen molar-refractivity contribution >= 4 is 5.97 Å². The van der Waals surface area contributed by atoms with E-state index >= 15 is 0 Å². The van der Waals surface area contributed by atoms with Gasteiger partial charge in [0.2, 0.25) is 0 Å². The van der Waals surface area contributed by atoms with Crippen LogP contribution in [0.1, 0.15) is 15.9 Å². The highest BCUT2D eigenvalue weighted by atomic mass is 16.5. The summed E-state index contributed by atoms with van der Waals surface area (Å²) in [7, 11) is 1.54. The molecule has 0 aromatic heterocycles. The van der Waals surface area contributed by atoms with Gasteiger partial charge in [-0.2, -0.15) is 0 Å². The monoisotopic (exact) mass is 207 g/mol. The van der Waals surface area contributed by atoms with Crippen LogP contribution < -0.4 is 10.5 Å². The normalized spacial score (nSPS) is 19.3. The molecule has 1 aliphatic heterocycles. The zero-order chi connectivity index (χ0) is 10.8. The Labute approximate surface area is 88.0 Å². The maximum Gasteiger partial charge on any atom is 0.342 e. The van der Waals surface area contributed by atoms with Gasteiger partial charge in [-0.25, -0.2) is 4.79 Å². The van der Waals surface area contributed by atoms with Crippen LogP contribution in [0.2, 0.25) is 0 Å². The summed E-state index contributed by atoms with van der Waals surface area (Å²) in [5.74, 6) is 0.220. The number of esters is 1. The van der Waals surface area contributed by atoms with Gasteiger partial charge in [-0.3, -0.25) is 0 Å². The molecule has 0 amide bonds. The van der Waals surface area contributed by atoms with Gasteiger partial charge >= 0.3 is 5.97 Å². The first-order chi connectivity index (χ1) is 7.26. The number of rotatable bonds is 2. The number of cyclic esters (lactones) is 1. The van der Waals surface area contributed by atoms with Gasteiger partial charge in [0.05, 0.1) is 7.11 Å². The lowest BCUT2D eigenvalue weighted by Gasteiger charge is -2.24. The number of methoxy groups -OCH3 is 1. The van der Waals surface area contributed by atoms with Gasteiger partial charge in [-0.05, 0) is 11.6 Å². The Morgan fingerprint density at radius 2 is 2.40 bits per heavy atom. The molecule has 0 spiro atoms. The molecule has 1 heterocycles. The van der Waals surface area contributed by atoms with Crippen LogP contribution >= 0.6 is 0 Å².